The lowest BCUT2D eigenvalue weighted by atomic mass is 9.80. The Hall–Kier alpha value is -7.07. The molecule has 1 aliphatic carbocycles. The highest BCUT2D eigenvalue weighted by atomic mass is 15.0. The lowest BCUT2D eigenvalue weighted by Gasteiger charge is -2.26. The molecule has 334 valence electrons. The van der Waals surface area contributed by atoms with E-state index in [0.29, 0.717) is 0 Å². The Bertz CT molecular complexity index is 3280. The minimum Gasteiger partial charge on any atom is -0.309 e. The first-order chi connectivity index (χ1) is 32.2. The molecule has 1 atom stereocenters. The molecule has 67 heavy (non-hydrogen) atoms. The molecular formula is C64H63N3. The molecule has 1 unspecified atom stereocenters. The van der Waals surface area contributed by atoms with Crippen molar-refractivity contribution in [1.29, 1.82) is 0 Å². The molecule has 3 nitrogen and oxygen atoms in total. The van der Waals surface area contributed by atoms with Gasteiger partial charge in [-0.1, -0.05) is 187 Å². The second-order valence-electron chi connectivity index (χ2n) is 20.3. The number of aromatic nitrogens is 1. The maximum atomic E-state index is 6.48. The number of nitrogens with zero attached hydrogens (tertiary/aromatic N) is 2. The summed E-state index contributed by atoms with van der Waals surface area (Å²) in [6, 6.07) is 63.8. The van der Waals surface area contributed by atoms with Crippen molar-refractivity contribution in [2.24, 2.45) is 10.7 Å². The van der Waals surface area contributed by atoms with Gasteiger partial charge < -0.3 is 10.3 Å². The summed E-state index contributed by atoms with van der Waals surface area (Å²) in [5, 5.41) is 2.56. The van der Waals surface area contributed by atoms with Crippen LogP contribution in [0.4, 0.5) is 0 Å². The number of para-hydroxylation sites is 1. The van der Waals surface area contributed by atoms with Crippen LogP contribution in [0.5, 0.6) is 0 Å². The summed E-state index contributed by atoms with van der Waals surface area (Å²) in [6.07, 6.45) is 3.47. The van der Waals surface area contributed by atoms with Gasteiger partial charge in [0, 0.05) is 22.2 Å². The van der Waals surface area contributed by atoms with E-state index in [0.717, 1.165) is 29.7 Å². The van der Waals surface area contributed by atoms with Gasteiger partial charge in [-0.15, -0.1) is 6.58 Å². The van der Waals surface area contributed by atoms with Crippen molar-refractivity contribution < 1.29 is 0 Å². The largest absolute Gasteiger partial charge is 0.309 e. The Morgan fingerprint density at radius 3 is 1.96 bits per heavy atom. The first-order valence-electron chi connectivity index (χ1n) is 23.7. The lowest BCUT2D eigenvalue weighted by Crippen LogP contribution is -2.17. The third kappa shape index (κ3) is 9.09. The van der Waals surface area contributed by atoms with Gasteiger partial charge in [0.1, 0.15) is 6.17 Å². The molecule has 1 heterocycles. The van der Waals surface area contributed by atoms with Crippen LogP contribution in [-0.2, 0) is 23.7 Å². The second-order valence-corrected chi connectivity index (χ2v) is 20.3. The zero-order valence-corrected chi connectivity index (χ0v) is 40.5. The molecule has 0 saturated heterocycles. The molecule has 2 N–H and O–H groups in total. The summed E-state index contributed by atoms with van der Waals surface area (Å²) in [6.45, 7) is 22.1. The average molecular weight is 874 g/mol. The molecule has 0 aliphatic heterocycles. The molecule has 0 bridgehead atoms. The van der Waals surface area contributed by atoms with E-state index in [4.69, 9.17) is 10.7 Å². The SMILES string of the molecule is C/C(=N\C(N)c1cccc2c1-c1ccccc1C2)c1ccccc1.C=CCc1ccccc1-c1cc(-c2ccc3c(c2)c2ccccc2n3-c2cc(C(C)(C)C)cc(C(C)(C)C)c2)ccc1C. The standard InChI is InChI=1S/C42H43N.C22H20N2/c1-9-14-29-15-10-11-16-35(29)37-23-30(20-19-28(37)2)31-21-22-40-38(24-31)36-17-12-13-18-39(36)43(40)34-26-32(41(3,4)5)25-33(27-34)42(6,7)8;1-15(16-8-3-2-4-9-16)24-22(23)20-13-7-11-18-14-17-10-5-6-12-19(17)21(18)20/h9-13,15-27H,1,14H2,2-8H3;2-13,22H,14,23H2,1H3/b;24-15+. The second kappa shape index (κ2) is 18.3. The molecule has 10 rings (SSSR count). The molecule has 3 heteroatoms. The van der Waals surface area contributed by atoms with Crippen molar-refractivity contribution in [3.63, 3.8) is 0 Å². The summed E-state index contributed by atoms with van der Waals surface area (Å²) in [7, 11) is 0. The Kier molecular flexibility index (Phi) is 12.3. The average Bonchev–Trinajstić information content (AvgIpc) is 3.87. The predicted molar refractivity (Wildman–Crippen MR) is 288 cm³/mol. The molecule has 1 aromatic heterocycles. The smallest absolute Gasteiger partial charge is 0.124 e. The third-order valence-corrected chi connectivity index (χ3v) is 13.5. The summed E-state index contributed by atoms with van der Waals surface area (Å²) in [5.41, 5.74) is 29.1. The van der Waals surface area contributed by atoms with E-state index in [-0.39, 0.29) is 17.0 Å². The molecule has 0 amide bonds. The fraction of sp³-hybridized carbons (Fsp3) is 0.203. The highest BCUT2D eigenvalue weighted by molar-refractivity contribution is 6.10. The van der Waals surface area contributed by atoms with Crippen LogP contribution >= 0.6 is 0 Å². The molecule has 0 spiro atoms. The van der Waals surface area contributed by atoms with Crippen molar-refractivity contribution in [2.75, 3.05) is 0 Å². The van der Waals surface area contributed by atoms with Crippen LogP contribution in [0.1, 0.15) is 99.1 Å². The van der Waals surface area contributed by atoms with Crippen molar-refractivity contribution in [3.05, 3.63) is 233 Å². The number of nitrogens with two attached hydrogens (primary N) is 1. The normalized spacial score (nSPS) is 12.9. The van der Waals surface area contributed by atoms with E-state index < -0.39 is 0 Å². The molecular weight excluding hydrogens is 811 g/mol. The van der Waals surface area contributed by atoms with E-state index >= 15 is 0 Å². The zero-order valence-electron chi connectivity index (χ0n) is 40.5. The van der Waals surface area contributed by atoms with Gasteiger partial charge in [-0.2, -0.15) is 0 Å². The van der Waals surface area contributed by atoms with Gasteiger partial charge in [0.25, 0.3) is 0 Å². The molecule has 1 aliphatic rings. The highest BCUT2D eigenvalue weighted by Gasteiger charge is 2.25. The van der Waals surface area contributed by atoms with Crippen molar-refractivity contribution in [3.8, 4) is 39.1 Å². The molecule has 9 aromatic rings. The zero-order chi connectivity index (χ0) is 47.0. The van der Waals surface area contributed by atoms with Gasteiger partial charge >= 0.3 is 0 Å². The Morgan fingerprint density at radius 2 is 1.22 bits per heavy atom. The number of hydrogen-bond donors (Lipinski definition) is 1. The Morgan fingerprint density at radius 1 is 0.612 bits per heavy atom. The third-order valence-electron chi connectivity index (χ3n) is 13.5. The van der Waals surface area contributed by atoms with Crippen LogP contribution in [0.2, 0.25) is 0 Å². The van der Waals surface area contributed by atoms with Gasteiger partial charge in [0.2, 0.25) is 0 Å². The van der Waals surface area contributed by atoms with Crippen LogP contribution in [0.3, 0.4) is 0 Å². The maximum absolute atomic E-state index is 6.48. The minimum atomic E-state index is -0.355. The van der Waals surface area contributed by atoms with E-state index in [9.17, 15) is 0 Å². The fourth-order valence-corrected chi connectivity index (χ4v) is 9.74. The van der Waals surface area contributed by atoms with Crippen LogP contribution in [0.15, 0.2) is 194 Å². The van der Waals surface area contributed by atoms with Crippen LogP contribution < -0.4 is 5.73 Å². The predicted octanol–water partition coefficient (Wildman–Crippen LogP) is 16.5. The molecule has 0 fully saturated rings. The topological polar surface area (TPSA) is 43.3 Å². The van der Waals surface area contributed by atoms with Gasteiger partial charge in [-0.3, -0.25) is 4.99 Å². The van der Waals surface area contributed by atoms with E-state index in [1.165, 1.54) is 94.3 Å². The van der Waals surface area contributed by atoms with Crippen LogP contribution in [0.25, 0.3) is 60.9 Å². The fourth-order valence-electron chi connectivity index (χ4n) is 9.74. The minimum absolute atomic E-state index is 0.0510. The molecule has 8 aromatic carbocycles. The number of aryl methyl sites for hydroxylation is 1. The first-order valence-corrected chi connectivity index (χ1v) is 23.7. The van der Waals surface area contributed by atoms with Gasteiger partial charge in [0.15, 0.2) is 0 Å². The summed E-state index contributed by atoms with van der Waals surface area (Å²) in [5.74, 6) is 0. The number of aliphatic imine (C=N–C) groups is 1. The quantitative estimate of drug-likeness (QED) is 0.120. The van der Waals surface area contributed by atoms with Gasteiger partial charge in [-0.05, 0) is 152 Å². The lowest BCUT2D eigenvalue weighted by molar-refractivity contribution is 0.568. The molecule has 0 saturated carbocycles. The number of hydrogen-bond acceptors (Lipinski definition) is 2. The molecule has 0 radical (unpaired) electrons. The number of fused-ring (bicyclic) bond motifs is 6. The van der Waals surface area contributed by atoms with Crippen LogP contribution in [-0.4, -0.2) is 10.3 Å². The Labute approximate surface area is 398 Å². The maximum Gasteiger partial charge on any atom is 0.124 e. The van der Waals surface area contributed by atoms with Crippen molar-refractivity contribution in [2.45, 2.75) is 85.2 Å². The number of allylic oxidation sites excluding steroid dienone is 1. The van der Waals surface area contributed by atoms with Crippen LogP contribution in [0, 0.1) is 6.92 Å². The summed E-state index contributed by atoms with van der Waals surface area (Å²) in [4.78, 5) is 4.76. The summed E-state index contributed by atoms with van der Waals surface area (Å²) < 4.78 is 2.46. The van der Waals surface area contributed by atoms with E-state index in [1.807, 2.05) is 31.2 Å². The first kappa shape index (κ1) is 45.1. The number of benzene rings is 8. The van der Waals surface area contributed by atoms with Gasteiger partial charge in [0.05, 0.1) is 11.0 Å². The monoisotopic (exact) mass is 874 g/mol. The summed E-state index contributed by atoms with van der Waals surface area (Å²) >= 11 is 0. The van der Waals surface area contributed by atoms with Crippen molar-refractivity contribution in [1.82, 2.24) is 4.57 Å². The van der Waals surface area contributed by atoms with Crippen molar-refractivity contribution >= 4 is 27.5 Å². The highest BCUT2D eigenvalue weighted by Crippen LogP contribution is 2.42. The Balaban J connectivity index is 0.000000197. The van der Waals surface area contributed by atoms with E-state index in [2.05, 4.69) is 217 Å². The van der Waals surface area contributed by atoms with Gasteiger partial charge in [-0.25, -0.2) is 0 Å². The van der Waals surface area contributed by atoms with E-state index in [1.54, 1.807) is 0 Å². The number of rotatable bonds is 8.